The Morgan fingerprint density at radius 3 is 1.62 bits per heavy atom. The smallest absolute Gasteiger partial charge is 0.00926 e. The van der Waals surface area contributed by atoms with Crippen molar-refractivity contribution in [3.63, 3.8) is 0 Å². The topological polar surface area (TPSA) is 0 Å². The van der Waals surface area contributed by atoms with E-state index in [9.17, 15) is 0 Å². The van der Waals surface area contributed by atoms with Crippen molar-refractivity contribution in [3.05, 3.63) is 169 Å². The molecule has 50 heavy (non-hydrogen) atoms. The Kier molecular flexibility index (Phi) is 7.01. The van der Waals surface area contributed by atoms with Crippen LogP contribution in [0.5, 0.6) is 0 Å². The van der Waals surface area contributed by atoms with E-state index in [1.807, 2.05) is 0 Å². The van der Waals surface area contributed by atoms with Crippen molar-refractivity contribution in [3.8, 4) is 33.4 Å². The summed E-state index contributed by atoms with van der Waals surface area (Å²) in [6, 6.07) is 61.4. The lowest BCUT2D eigenvalue weighted by Gasteiger charge is -2.25. The van der Waals surface area contributed by atoms with Crippen LogP contribution in [0, 0.1) is 0 Å². The molecule has 0 N–H and O–H groups in total. The van der Waals surface area contributed by atoms with Crippen LogP contribution in [-0.4, -0.2) is 0 Å². The predicted octanol–water partition coefficient (Wildman–Crippen LogP) is 14.5. The van der Waals surface area contributed by atoms with Gasteiger partial charge in [0, 0.05) is 0 Å². The van der Waals surface area contributed by atoms with Gasteiger partial charge in [0.25, 0.3) is 0 Å². The SMILES string of the molecule is c1ccc2cc(-c3ccc(-c4ccc5cccc(-c6cc7c8ccccc8c(C8CCCCC8)cc7c7ccccc67)c5c4)cc3)ccc2c1. The van der Waals surface area contributed by atoms with Crippen LogP contribution >= 0.6 is 0 Å². The summed E-state index contributed by atoms with van der Waals surface area (Å²) in [6.07, 6.45) is 6.66. The van der Waals surface area contributed by atoms with Crippen LogP contribution in [0.1, 0.15) is 43.6 Å². The molecule has 0 heterocycles. The second-order valence-corrected chi connectivity index (χ2v) is 14.3. The normalized spacial score (nSPS) is 13.9. The summed E-state index contributed by atoms with van der Waals surface area (Å²) in [5.74, 6) is 0.648. The fourth-order valence-corrected chi connectivity index (χ4v) is 8.86. The quantitative estimate of drug-likeness (QED) is 0.168. The third kappa shape index (κ3) is 4.90. The summed E-state index contributed by atoms with van der Waals surface area (Å²) in [5.41, 5.74) is 9.10. The van der Waals surface area contributed by atoms with Crippen molar-refractivity contribution in [1.82, 2.24) is 0 Å². The lowest BCUT2D eigenvalue weighted by atomic mass is 9.80. The number of fused-ring (bicyclic) bond motifs is 7. The van der Waals surface area contributed by atoms with E-state index in [0.717, 1.165) is 0 Å². The number of hydrogen-bond donors (Lipinski definition) is 0. The molecule has 0 atom stereocenters. The Balaban J connectivity index is 1.12. The molecular weight excluding hydrogens is 601 g/mol. The summed E-state index contributed by atoms with van der Waals surface area (Å²) in [6.45, 7) is 0. The zero-order chi connectivity index (χ0) is 33.0. The van der Waals surface area contributed by atoms with Crippen molar-refractivity contribution >= 4 is 53.9 Å². The maximum absolute atomic E-state index is 2.56. The van der Waals surface area contributed by atoms with Crippen LogP contribution in [0.2, 0.25) is 0 Å². The third-order valence-electron chi connectivity index (χ3n) is 11.4. The molecule has 0 aromatic heterocycles. The van der Waals surface area contributed by atoms with E-state index in [2.05, 4.69) is 164 Å². The first-order valence-electron chi connectivity index (χ1n) is 18.3. The van der Waals surface area contributed by atoms with Crippen molar-refractivity contribution in [1.29, 1.82) is 0 Å². The zero-order valence-corrected chi connectivity index (χ0v) is 28.2. The van der Waals surface area contributed by atoms with Gasteiger partial charge in [0.2, 0.25) is 0 Å². The van der Waals surface area contributed by atoms with Crippen LogP contribution < -0.4 is 0 Å². The fraction of sp³-hybridized carbons (Fsp3) is 0.120. The van der Waals surface area contributed by atoms with Gasteiger partial charge in [0.15, 0.2) is 0 Å². The van der Waals surface area contributed by atoms with Crippen LogP contribution in [0.25, 0.3) is 87.2 Å². The number of hydrogen-bond acceptors (Lipinski definition) is 0. The van der Waals surface area contributed by atoms with Crippen LogP contribution in [0.3, 0.4) is 0 Å². The molecule has 0 nitrogen and oxygen atoms in total. The highest BCUT2D eigenvalue weighted by molar-refractivity contribution is 6.23. The lowest BCUT2D eigenvalue weighted by molar-refractivity contribution is 0.446. The summed E-state index contributed by atoms with van der Waals surface area (Å²) in [7, 11) is 0. The van der Waals surface area contributed by atoms with Gasteiger partial charge in [-0.25, -0.2) is 0 Å². The molecule has 0 radical (unpaired) electrons. The van der Waals surface area contributed by atoms with Gasteiger partial charge in [0.05, 0.1) is 0 Å². The first-order valence-corrected chi connectivity index (χ1v) is 18.3. The Hall–Kier alpha value is -5.72. The first-order chi connectivity index (χ1) is 24.8. The van der Waals surface area contributed by atoms with Gasteiger partial charge in [-0.05, 0) is 136 Å². The summed E-state index contributed by atoms with van der Waals surface area (Å²) < 4.78 is 0. The maximum atomic E-state index is 2.56. The molecule has 1 aliphatic carbocycles. The second-order valence-electron chi connectivity index (χ2n) is 14.3. The van der Waals surface area contributed by atoms with Crippen molar-refractivity contribution in [2.75, 3.05) is 0 Å². The summed E-state index contributed by atoms with van der Waals surface area (Å²) in [5, 5.41) is 13.3. The number of rotatable bonds is 4. The Morgan fingerprint density at radius 1 is 0.300 bits per heavy atom. The van der Waals surface area contributed by atoms with Crippen LogP contribution in [-0.2, 0) is 0 Å². The highest BCUT2D eigenvalue weighted by Gasteiger charge is 2.21. The molecule has 0 heteroatoms. The van der Waals surface area contributed by atoms with Crippen molar-refractivity contribution in [2.24, 2.45) is 0 Å². The van der Waals surface area contributed by atoms with E-state index >= 15 is 0 Å². The van der Waals surface area contributed by atoms with E-state index in [1.165, 1.54) is 119 Å². The lowest BCUT2D eigenvalue weighted by Crippen LogP contribution is -2.05. The van der Waals surface area contributed by atoms with Gasteiger partial charge in [-0.2, -0.15) is 0 Å². The van der Waals surface area contributed by atoms with Gasteiger partial charge < -0.3 is 0 Å². The molecule has 0 spiro atoms. The average Bonchev–Trinajstić information content (AvgIpc) is 3.20. The van der Waals surface area contributed by atoms with E-state index in [4.69, 9.17) is 0 Å². The molecule has 238 valence electrons. The molecule has 9 aromatic carbocycles. The molecule has 0 bridgehead atoms. The van der Waals surface area contributed by atoms with E-state index < -0.39 is 0 Å². The van der Waals surface area contributed by atoms with Crippen molar-refractivity contribution in [2.45, 2.75) is 38.0 Å². The predicted molar refractivity (Wildman–Crippen MR) is 216 cm³/mol. The monoisotopic (exact) mass is 638 g/mol. The highest BCUT2D eigenvalue weighted by atomic mass is 14.2. The Morgan fingerprint density at radius 2 is 0.860 bits per heavy atom. The molecule has 0 unspecified atom stereocenters. The minimum absolute atomic E-state index is 0.648. The molecule has 1 fully saturated rings. The summed E-state index contributed by atoms with van der Waals surface area (Å²) >= 11 is 0. The van der Waals surface area contributed by atoms with Crippen LogP contribution in [0.4, 0.5) is 0 Å². The molecule has 9 aromatic rings. The standard InChI is InChI=1S/C50H38/c1-2-12-36(13-3-1)47-31-49-44-19-9-8-18-43(44)48(32-50(49)42-17-7-6-16-41(42)47)45-20-10-15-37-26-28-40(30-46(37)45)35-23-21-34(22-24-35)39-27-25-33-11-4-5-14-38(33)29-39/h4-11,14-32,36H,1-3,12-13H2. The largest absolute Gasteiger partial charge is 0.0616 e. The Bertz CT molecular complexity index is 2720. The van der Waals surface area contributed by atoms with Crippen molar-refractivity contribution < 1.29 is 0 Å². The van der Waals surface area contributed by atoms with Gasteiger partial charge in [-0.3, -0.25) is 0 Å². The molecule has 10 rings (SSSR count). The van der Waals surface area contributed by atoms with E-state index in [0.29, 0.717) is 5.92 Å². The maximum Gasteiger partial charge on any atom is -0.00926 e. The molecule has 0 aliphatic heterocycles. The minimum atomic E-state index is 0.648. The highest BCUT2D eigenvalue weighted by Crippen LogP contribution is 2.45. The molecule has 1 saturated carbocycles. The Labute approximate surface area is 293 Å². The molecule has 0 amide bonds. The summed E-state index contributed by atoms with van der Waals surface area (Å²) in [4.78, 5) is 0. The molecule has 1 aliphatic rings. The van der Waals surface area contributed by atoms with Crippen LogP contribution in [0.15, 0.2) is 164 Å². The van der Waals surface area contributed by atoms with Gasteiger partial charge in [-0.15, -0.1) is 0 Å². The number of benzene rings is 9. The minimum Gasteiger partial charge on any atom is -0.0616 e. The van der Waals surface area contributed by atoms with Gasteiger partial charge in [0.1, 0.15) is 0 Å². The second kappa shape index (κ2) is 12.0. The van der Waals surface area contributed by atoms with Gasteiger partial charge in [-0.1, -0.05) is 159 Å². The average molecular weight is 639 g/mol. The molecule has 0 saturated heterocycles. The fourth-order valence-electron chi connectivity index (χ4n) is 8.86. The van der Waals surface area contributed by atoms with E-state index in [-0.39, 0.29) is 0 Å². The third-order valence-corrected chi connectivity index (χ3v) is 11.4. The molecular formula is C50H38. The zero-order valence-electron chi connectivity index (χ0n) is 28.2. The van der Waals surface area contributed by atoms with E-state index in [1.54, 1.807) is 5.56 Å². The first kappa shape index (κ1) is 29.2. The van der Waals surface area contributed by atoms with Gasteiger partial charge >= 0.3 is 0 Å².